The highest BCUT2D eigenvalue weighted by Crippen LogP contribution is 2.25. The van der Waals surface area contributed by atoms with E-state index in [0.29, 0.717) is 25.3 Å². The van der Waals surface area contributed by atoms with Gasteiger partial charge in [0, 0.05) is 18.5 Å². The van der Waals surface area contributed by atoms with Gasteiger partial charge in [-0.2, -0.15) is 0 Å². The largest absolute Gasteiger partial charge is 0.483 e. The van der Waals surface area contributed by atoms with E-state index in [9.17, 15) is 9.59 Å². The van der Waals surface area contributed by atoms with E-state index in [1.807, 2.05) is 87.5 Å². The zero-order chi connectivity index (χ0) is 22.9. The minimum atomic E-state index is -0.550. The summed E-state index contributed by atoms with van der Waals surface area (Å²) in [7, 11) is 0. The SMILES string of the molecule is CCCNC(=O)[C@@H](CC)N(Cc1ccc(C)cc1)C(=O)COc1cccc2ccccc12. The molecular weight excluding hydrogens is 400 g/mol. The minimum Gasteiger partial charge on any atom is -0.483 e. The van der Waals surface area contributed by atoms with Crippen LogP contribution in [0.3, 0.4) is 0 Å². The molecule has 0 unspecified atom stereocenters. The maximum atomic E-state index is 13.3. The molecule has 3 aromatic carbocycles. The normalized spacial score (nSPS) is 11.7. The van der Waals surface area contributed by atoms with Gasteiger partial charge in [0.05, 0.1) is 0 Å². The Morgan fingerprint density at radius 1 is 0.969 bits per heavy atom. The lowest BCUT2D eigenvalue weighted by atomic mass is 10.1. The smallest absolute Gasteiger partial charge is 0.261 e. The summed E-state index contributed by atoms with van der Waals surface area (Å²) in [5.74, 6) is 0.326. The number of carbonyl (C=O) groups excluding carboxylic acids is 2. The van der Waals surface area contributed by atoms with Crippen molar-refractivity contribution in [1.82, 2.24) is 10.2 Å². The predicted molar refractivity (Wildman–Crippen MR) is 129 cm³/mol. The summed E-state index contributed by atoms with van der Waals surface area (Å²) in [4.78, 5) is 27.8. The topological polar surface area (TPSA) is 58.6 Å². The second-order valence-electron chi connectivity index (χ2n) is 7.99. The molecule has 32 heavy (non-hydrogen) atoms. The molecule has 0 aliphatic rings. The first-order valence-corrected chi connectivity index (χ1v) is 11.3. The number of nitrogens with one attached hydrogen (secondary N) is 1. The van der Waals surface area contributed by atoms with Gasteiger partial charge in [-0.05, 0) is 36.8 Å². The van der Waals surface area contributed by atoms with E-state index in [0.717, 1.165) is 28.3 Å². The van der Waals surface area contributed by atoms with Gasteiger partial charge in [-0.25, -0.2) is 0 Å². The van der Waals surface area contributed by atoms with E-state index >= 15 is 0 Å². The Labute approximate surface area is 190 Å². The molecule has 0 radical (unpaired) electrons. The Hall–Kier alpha value is -3.34. The second kappa shape index (κ2) is 11.3. The van der Waals surface area contributed by atoms with Crippen molar-refractivity contribution in [2.24, 2.45) is 0 Å². The van der Waals surface area contributed by atoms with Gasteiger partial charge in [0.2, 0.25) is 5.91 Å². The quantitative estimate of drug-likeness (QED) is 0.498. The van der Waals surface area contributed by atoms with Crippen LogP contribution in [0.4, 0.5) is 0 Å². The first-order chi connectivity index (χ1) is 15.5. The lowest BCUT2D eigenvalue weighted by Crippen LogP contribution is -2.50. The highest BCUT2D eigenvalue weighted by Gasteiger charge is 2.28. The van der Waals surface area contributed by atoms with E-state index in [1.54, 1.807) is 4.90 Å². The van der Waals surface area contributed by atoms with Gasteiger partial charge in [-0.15, -0.1) is 0 Å². The van der Waals surface area contributed by atoms with Gasteiger partial charge in [0.15, 0.2) is 6.61 Å². The van der Waals surface area contributed by atoms with Crippen LogP contribution in [0.25, 0.3) is 10.8 Å². The van der Waals surface area contributed by atoms with E-state index in [1.165, 1.54) is 0 Å². The molecule has 1 atom stereocenters. The Morgan fingerprint density at radius 2 is 1.69 bits per heavy atom. The molecule has 0 aliphatic carbocycles. The fraction of sp³-hybridized carbons (Fsp3) is 0.333. The molecule has 168 valence electrons. The molecule has 0 aliphatic heterocycles. The summed E-state index contributed by atoms with van der Waals surface area (Å²) in [6.07, 6.45) is 1.37. The van der Waals surface area contributed by atoms with Crippen LogP contribution in [0.1, 0.15) is 37.8 Å². The molecule has 5 heteroatoms. The molecule has 0 bridgehead atoms. The number of benzene rings is 3. The molecule has 3 rings (SSSR count). The molecule has 1 N–H and O–H groups in total. The fourth-order valence-corrected chi connectivity index (χ4v) is 3.72. The molecular formula is C27H32N2O3. The number of hydrogen-bond donors (Lipinski definition) is 1. The van der Waals surface area contributed by atoms with Crippen LogP contribution in [0.5, 0.6) is 5.75 Å². The monoisotopic (exact) mass is 432 g/mol. The van der Waals surface area contributed by atoms with Gasteiger partial charge in [-0.3, -0.25) is 9.59 Å². The lowest BCUT2D eigenvalue weighted by Gasteiger charge is -2.30. The number of rotatable bonds is 10. The summed E-state index contributed by atoms with van der Waals surface area (Å²) in [6.45, 7) is 6.78. The highest BCUT2D eigenvalue weighted by atomic mass is 16.5. The number of aryl methyl sites for hydroxylation is 1. The first-order valence-electron chi connectivity index (χ1n) is 11.3. The fourth-order valence-electron chi connectivity index (χ4n) is 3.72. The van der Waals surface area contributed by atoms with Crippen LogP contribution < -0.4 is 10.1 Å². The maximum absolute atomic E-state index is 13.3. The van der Waals surface area contributed by atoms with Crippen molar-refractivity contribution in [3.63, 3.8) is 0 Å². The zero-order valence-corrected chi connectivity index (χ0v) is 19.1. The summed E-state index contributed by atoms with van der Waals surface area (Å²) in [5.41, 5.74) is 2.13. The number of hydrogen-bond acceptors (Lipinski definition) is 3. The van der Waals surface area contributed by atoms with Crippen molar-refractivity contribution in [2.45, 2.75) is 46.2 Å². The van der Waals surface area contributed by atoms with Gasteiger partial charge >= 0.3 is 0 Å². The van der Waals surface area contributed by atoms with Crippen LogP contribution in [-0.2, 0) is 16.1 Å². The van der Waals surface area contributed by atoms with Gasteiger partial charge in [0.25, 0.3) is 5.91 Å². The summed E-state index contributed by atoms with van der Waals surface area (Å²) < 4.78 is 5.95. The molecule has 0 spiro atoms. The second-order valence-corrected chi connectivity index (χ2v) is 7.99. The third-order valence-corrected chi connectivity index (χ3v) is 5.51. The third-order valence-electron chi connectivity index (χ3n) is 5.51. The van der Waals surface area contributed by atoms with Crippen LogP contribution in [-0.4, -0.2) is 35.9 Å². The Kier molecular flexibility index (Phi) is 8.26. The Morgan fingerprint density at radius 3 is 2.41 bits per heavy atom. The minimum absolute atomic E-state index is 0.125. The average Bonchev–Trinajstić information content (AvgIpc) is 2.82. The number of carbonyl (C=O) groups is 2. The first kappa shape index (κ1) is 23.3. The van der Waals surface area contributed by atoms with Crippen LogP contribution in [0.2, 0.25) is 0 Å². The van der Waals surface area contributed by atoms with Gasteiger partial charge < -0.3 is 15.0 Å². The molecule has 5 nitrogen and oxygen atoms in total. The standard InChI is InChI=1S/C27H32N2O3/c1-4-17-28-27(31)24(5-2)29(18-21-15-13-20(3)14-16-21)26(30)19-32-25-12-8-10-22-9-6-7-11-23(22)25/h6-16,24H,4-5,17-19H2,1-3H3,(H,28,31)/t24-/m1/s1. The summed E-state index contributed by atoms with van der Waals surface area (Å²) in [6, 6.07) is 21.2. The van der Waals surface area contributed by atoms with Crippen molar-refractivity contribution >= 4 is 22.6 Å². The van der Waals surface area contributed by atoms with Crippen LogP contribution >= 0.6 is 0 Å². The zero-order valence-electron chi connectivity index (χ0n) is 19.1. The van der Waals surface area contributed by atoms with Crippen molar-refractivity contribution in [3.05, 3.63) is 77.9 Å². The van der Waals surface area contributed by atoms with Crippen molar-refractivity contribution in [3.8, 4) is 5.75 Å². The summed E-state index contributed by atoms with van der Waals surface area (Å²) >= 11 is 0. The Bertz CT molecular complexity index is 1040. The number of fused-ring (bicyclic) bond motifs is 1. The average molecular weight is 433 g/mol. The molecule has 0 saturated carbocycles. The Balaban J connectivity index is 1.81. The molecule has 0 saturated heterocycles. The van der Waals surface area contributed by atoms with E-state index in [-0.39, 0.29) is 18.4 Å². The van der Waals surface area contributed by atoms with E-state index in [2.05, 4.69) is 5.32 Å². The van der Waals surface area contributed by atoms with E-state index < -0.39 is 6.04 Å². The highest BCUT2D eigenvalue weighted by molar-refractivity contribution is 5.90. The molecule has 0 fully saturated rings. The van der Waals surface area contributed by atoms with Crippen molar-refractivity contribution in [1.29, 1.82) is 0 Å². The van der Waals surface area contributed by atoms with Crippen LogP contribution in [0, 0.1) is 6.92 Å². The van der Waals surface area contributed by atoms with E-state index in [4.69, 9.17) is 4.74 Å². The molecule has 0 heterocycles. The molecule has 2 amide bonds. The number of nitrogens with zero attached hydrogens (tertiary/aromatic N) is 1. The van der Waals surface area contributed by atoms with Gasteiger partial charge in [0.1, 0.15) is 11.8 Å². The van der Waals surface area contributed by atoms with Crippen molar-refractivity contribution < 1.29 is 14.3 Å². The maximum Gasteiger partial charge on any atom is 0.261 e. The molecule has 3 aromatic rings. The molecule has 0 aromatic heterocycles. The predicted octanol–water partition coefficient (Wildman–Crippen LogP) is 4.86. The number of amides is 2. The lowest BCUT2D eigenvalue weighted by molar-refractivity contribution is -0.142. The number of ether oxygens (including phenoxy) is 1. The van der Waals surface area contributed by atoms with Crippen LogP contribution in [0.15, 0.2) is 66.7 Å². The summed E-state index contributed by atoms with van der Waals surface area (Å²) in [5, 5.41) is 4.95. The third kappa shape index (κ3) is 5.88. The van der Waals surface area contributed by atoms with Crippen molar-refractivity contribution in [2.75, 3.05) is 13.2 Å². The van der Waals surface area contributed by atoms with Gasteiger partial charge in [-0.1, -0.05) is 80.1 Å².